The second kappa shape index (κ2) is 14.4. The first-order chi connectivity index (χ1) is 17.6. The Bertz CT molecular complexity index is 1140. The van der Waals surface area contributed by atoms with Crippen LogP contribution in [0.15, 0.2) is 103 Å². The third kappa shape index (κ3) is 8.63. The second-order valence-corrected chi connectivity index (χ2v) is 8.62. The molecule has 8 heteroatoms. The van der Waals surface area contributed by atoms with Crippen molar-refractivity contribution in [2.75, 3.05) is 12.9 Å². The van der Waals surface area contributed by atoms with E-state index >= 15 is 0 Å². The summed E-state index contributed by atoms with van der Waals surface area (Å²) >= 11 is 1.27. The Labute approximate surface area is 215 Å². The van der Waals surface area contributed by atoms with Crippen LogP contribution in [-0.4, -0.2) is 41.8 Å². The summed E-state index contributed by atoms with van der Waals surface area (Å²) in [5.74, 6) is -0.542. The summed E-state index contributed by atoms with van der Waals surface area (Å²) in [6, 6.07) is 27.0. The maximum absolute atomic E-state index is 13.1. The van der Waals surface area contributed by atoms with Crippen LogP contribution in [0.4, 0.5) is 4.79 Å². The fraction of sp³-hybridized carbons (Fsp3) is 0.179. The number of hydrogen-bond acceptors (Lipinski definition) is 6. The van der Waals surface area contributed by atoms with Gasteiger partial charge in [0.25, 0.3) is 5.91 Å². The normalized spacial score (nSPS) is 11.5. The highest BCUT2D eigenvalue weighted by molar-refractivity contribution is 8.02. The summed E-state index contributed by atoms with van der Waals surface area (Å²) < 4.78 is 10.0. The third-order valence-corrected chi connectivity index (χ3v) is 5.91. The van der Waals surface area contributed by atoms with Crippen LogP contribution in [0.5, 0.6) is 0 Å². The van der Waals surface area contributed by atoms with Gasteiger partial charge >= 0.3 is 12.1 Å². The maximum atomic E-state index is 13.1. The molecular formula is C28H28N2O5S. The van der Waals surface area contributed by atoms with Crippen LogP contribution in [0.3, 0.4) is 0 Å². The van der Waals surface area contributed by atoms with Gasteiger partial charge in [0.05, 0.1) is 13.7 Å². The number of ether oxygens (including phenoxy) is 2. The van der Waals surface area contributed by atoms with Gasteiger partial charge in [-0.15, -0.1) is 11.8 Å². The maximum Gasteiger partial charge on any atom is 0.408 e. The van der Waals surface area contributed by atoms with Crippen molar-refractivity contribution >= 4 is 29.7 Å². The zero-order valence-corrected chi connectivity index (χ0v) is 20.7. The predicted octanol–water partition coefficient (Wildman–Crippen LogP) is 5.00. The lowest BCUT2D eigenvalue weighted by molar-refractivity contribution is -0.142. The molecule has 0 radical (unpaired) electrons. The van der Waals surface area contributed by atoms with Gasteiger partial charge in [-0.05, 0) is 28.7 Å². The molecule has 0 unspecified atom stereocenters. The molecule has 0 saturated carbocycles. The van der Waals surface area contributed by atoms with E-state index in [9.17, 15) is 14.4 Å². The molecule has 0 bridgehead atoms. The molecule has 7 nitrogen and oxygen atoms in total. The first-order valence-corrected chi connectivity index (χ1v) is 12.3. The van der Waals surface area contributed by atoms with Crippen LogP contribution in [0, 0.1) is 0 Å². The highest BCUT2D eigenvalue weighted by Gasteiger charge is 2.22. The van der Waals surface area contributed by atoms with Gasteiger partial charge in [-0.2, -0.15) is 0 Å². The third-order valence-electron chi connectivity index (χ3n) is 5.07. The average Bonchev–Trinajstić information content (AvgIpc) is 2.93. The molecule has 0 aliphatic rings. The second-order valence-electron chi connectivity index (χ2n) is 7.68. The smallest absolute Gasteiger partial charge is 0.408 e. The van der Waals surface area contributed by atoms with E-state index < -0.39 is 18.1 Å². The highest BCUT2D eigenvalue weighted by atomic mass is 32.2. The van der Waals surface area contributed by atoms with Crippen molar-refractivity contribution in [1.29, 1.82) is 0 Å². The summed E-state index contributed by atoms with van der Waals surface area (Å²) in [5.41, 5.74) is 2.38. The summed E-state index contributed by atoms with van der Waals surface area (Å²) in [6.45, 7) is 0.472. The molecule has 1 N–H and O–H groups in total. The van der Waals surface area contributed by atoms with Crippen molar-refractivity contribution in [3.05, 3.63) is 119 Å². The van der Waals surface area contributed by atoms with E-state index in [0.717, 1.165) is 11.1 Å². The summed E-state index contributed by atoms with van der Waals surface area (Å²) in [5, 5.41) is 4.26. The number of thioether (sulfide) groups is 1. The summed E-state index contributed by atoms with van der Waals surface area (Å²) in [7, 11) is 1.26. The molecular weight excluding hydrogens is 476 g/mol. The zero-order valence-electron chi connectivity index (χ0n) is 19.9. The number of amides is 2. The minimum absolute atomic E-state index is 0.0870. The SMILES string of the molecule is COC(=O)[C@H](CS/C=C/N(Cc1ccccc1)C(=O)c1ccccc1)NC(=O)OCc1ccccc1. The lowest BCUT2D eigenvalue weighted by Crippen LogP contribution is -2.43. The Morgan fingerprint density at radius 2 is 1.47 bits per heavy atom. The summed E-state index contributed by atoms with van der Waals surface area (Å²) in [6.07, 6.45) is 0.957. The number of hydrogen-bond donors (Lipinski definition) is 1. The van der Waals surface area contributed by atoms with E-state index in [1.165, 1.54) is 18.9 Å². The highest BCUT2D eigenvalue weighted by Crippen LogP contribution is 2.14. The minimum atomic E-state index is -0.916. The number of alkyl carbamates (subject to hydrolysis) is 1. The molecule has 0 aromatic heterocycles. The van der Waals surface area contributed by atoms with Gasteiger partial charge in [-0.25, -0.2) is 9.59 Å². The molecule has 3 aromatic carbocycles. The van der Waals surface area contributed by atoms with Crippen LogP contribution >= 0.6 is 11.8 Å². The van der Waals surface area contributed by atoms with E-state index in [0.29, 0.717) is 12.1 Å². The topological polar surface area (TPSA) is 84.9 Å². The number of benzene rings is 3. The average molecular weight is 505 g/mol. The predicted molar refractivity (Wildman–Crippen MR) is 140 cm³/mol. The number of rotatable bonds is 11. The number of nitrogens with zero attached hydrogens (tertiary/aromatic N) is 1. The molecule has 1 atom stereocenters. The van der Waals surface area contributed by atoms with Crippen LogP contribution in [0.1, 0.15) is 21.5 Å². The van der Waals surface area contributed by atoms with E-state index in [1.807, 2.05) is 78.9 Å². The molecule has 0 spiro atoms. The van der Waals surface area contributed by atoms with E-state index in [4.69, 9.17) is 9.47 Å². The minimum Gasteiger partial charge on any atom is -0.467 e. The quantitative estimate of drug-likeness (QED) is 0.370. The van der Waals surface area contributed by atoms with Gasteiger partial charge in [0.2, 0.25) is 0 Å². The van der Waals surface area contributed by atoms with Crippen LogP contribution in [0.25, 0.3) is 0 Å². The first-order valence-electron chi connectivity index (χ1n) is 11.3. The molecule has 3 aromatic rings. The van der Waals surface area contributed by atoms with E-state index in [-0.39, 0.29) is 18.3 Å². The number of carbonyl (C=O) groups excluding carboxylic acids is 3. The van der Waals surface area contributed by atoms with Gasteiger partial charge in [0.1, 0.15) is 12.6 Å². The molecule has 0 aliphatic heterocycles. The summed E-state index contributed by atoms with van der Waals surface area (Å²) in [4.78, 5) is 39.1. The number of esters is 1. The molecule has 0 heterocycles. The monoisotopic (exact) mass is 504 g/mol. The number of carbonyl (C=O) groups is 3. The molecule has 2 amide bonds. The van der Waals surface area contributed by atoms with Crippen molar-refractivity contribution in [2.45, 2.75) is 19.2 Å². The van der Waals surface area contributed by atoms with E-state index in [2.05, 4.69) is 5.32 Å². The lowest BCUT2D eigenvalue weighted by Gasteiger charge is -2.19. The molecule has 0 aliphatic carbocycles. The van der Waals surface area contributed by atoms with Crippen LogP contribution in [0.2, 0.25) is 0 Å². The molecule has 0 fully saturated rings. The fourth-order valence-corrected chi connectivity index (χ4v) is 3.96. The Kier molecular flexibility index (Phi) is 10.6. The number of methoxy groups -OCH3 is 1. The largest absolute Gasteiger partial charge is 0.467 e. The van der Waals surface area contributed by atoms with Crippen LogP contribution < -0.4 is 5.32 Å². The lowest BCUT2D eigenvalue weighted by atomic mass is 10.1. The van der Waals surface area contributed by atoms with Gasteiger partial charge < -0.3 is 19.7 Å². The zero-order chi connectivity index (χ0) is 25.6. The number of nitrogens with one attached hydrogen (secondary N) is 1. The molecule has 3 rings (SSSR count). The van der Waals surface area contributed by atoms with Crippen molar-refractivity contribution in [3.63, 3.8) is 0 Å². The Balaban J connectivity index is 1.60. The Morgan fingerprint density at radius 3 is 2.08 bits per heavy atom. The van der Waals surface area contributed by atoms with Gasteiger partial charge in [0.15, 0.2) is 0 Å². The molecule has 36 heavy (non-hydrogen) atoms. The Morgan fingerprint density at radius 1 is 0.889 bits per heavy atom. The molecule has 186 valence electrons. The molecule has 0 saturated heterocycles. The van der Waals surface area contributed by atoms with Crippen molar-refractivity contribution in [1.82, 2.24) is 10.2 Å². The fourth-order valence-electron chi connectivity index (χ4n) is 3.21. The van der Waals surface area contributed by atoms with Crippen molar-refractivity contribution < 1.29 is 23.9 Å². The Hall–Kier alpha value is -4.04. The first kappa shape index (κ1) is 26.6. The van der Waals surface area contributed by atoms with Gasteiger partial charge in [0, 0.05) is 17.5 Å². The standard InChI is InChI=1S/C28H28N2O5S/c1-34-27(32)25(29-28(33)35-20-23-13-7-3-8-14-23)21-36-18-17-30(19-22-11-5-2-6-12-22)26(31)24-15-9-4-10-16-24/h2-18,25H,19-21H2,1H3,(H,29,33)/b18-17+/t25-/m0/s1. The van der Waals surface area contributed by atoms with Crippen LogP contribution in [-0.2, 0) is 27.4 Å². The van der Waals surface area contributed by atoms with Crippen molar-refractivity contribution in [3.8, 4) is 0 Å². The van der Waals surface area contributed by atoms with Gasteiger partial charge in [-0.1, -0.05) is 78.9 Å². The van der Waals surface area contributed by atoms with E-state index in [1.54, 1.807) is 28.6 Å². The van der Waals surface area contributed by atoms with Crippen molar-refractivity contribution in [2.24, 2.45) is 0 Å². The van der Waals surface area contributed by atoms with Gasteiger partial charge in [-0.3, -0.25) is 4.79 Å².